The summed E-state index contributed by atoms with van der Waals surface area (Å²) in [4.78, 5) is 53.0. The van der Waals surface area contributed by atoms with Crippen LogP contribution in [0, 0.1) is 6.92 Å². The van der Waals surface area contributed by atoms with Gasteiger partial charge in [0.05, 0.1) is 23.6 Å². The second-order valence-electron chi connectivity index (χ2n) is 7.50. The highest BCUT2D eigenvalue weighted by molar-refractivity contribution is 7.18. The number of nitrogens with zero attached hydrogens (tertiary/aromatic N) is 2. The Bertz CT molecular complexity index is 856. The van der Waals surface area contributed by atoms with Crippen LogP contribution >= 0.6 is 11.3 Å². The first-order chi connectivity index (χ1) is 14.8. The number of carbonyl (C=O) groups is 4. The molecule has 10 nitrogen and oxygen atoms in total. The molecule has 2 aliphatic heterocycles. The molecular weight excluding hydrogens is 424 g/mol. The van der Waals surface area contributed by atoms with Gasteiger partial charge in [-0.3, -0.25) is 19.3 Å². The first-order valence-corrected chi connectivity index (χ1v) is 11.2. The summed E-state index contributed by atoms with van der Waals surface area (Å²) in [7, 11) is 0. The van der Waals surface area contributed by atoms with E-state index in [1.54, 1.807) is 18.7 Å². The van der Waals surface area contributed by atoms with Crippen LogP contribution in [0.4, 0.5) is 5.00 Å². The molecule has 0 aromatic carbocycles. The van der Waals surface area contributed by atoms with E-state index in [2.05, 4.69) is 5.32 Å². The normalized spacial score (nSPS) is 19.3. The Morgan fingerprint density at radius 1 is 1.23 bits per heavy atom. The first kappa shape index (κ1) is 23.2. The van der Waals surface area contributed by atoms with Crippen molar-refractivity contribution in [2.45, 2.75) is 32.8 Å². The van der Waals surface area contributed by atoms with Crippen molar-refractivity contribution in [3.05, 3.63) is 16.0 Å². The van der Waals surface area contributed by atoms with E-state index in [4.69, 9.17) is 15.2 Å². The molecule has 2 fully saturated rings. The van der Waals surface area contributed by atoms with E-state index in [9.17, 15) is 19.2 Å². The maximum atomic E-state index is 12.6. The molecule has 31 heavy (non-hydrogen) atoms. The zero-order valence-corrected chi connectivity index (χ0v) is 18.6. The van der Waals surface area contributed by atoms with Crippen molar-refractivity contribution in [2.24, 2.45) is 5.73 Å². The summed E-state index contributed by atoms with van der Waals surface area (Å²) in [5.74, 6) is -1.57. The standard InChI is InChI=1S/C20H28N4O6S/c1-3-29-20(28)15-12(2)16(17(21)26)31-18(15)22-14(25)11-23-6-8-24(9-7-23)19(27)13-5-4-10-30-13/h13H,3-11H2,1-2H3,(H2,21,26)(H,22,25)/t13-/m0/s1. The lowest BCUT2D eigenvalue weighted by Gasteiger charge is -2.35. The Labute approximate surface area is 184 Å². The van der Waals surface area contributed by atoms with Gasteiger partial charge in [-0.25, -0.2) is 4.79 Å². The number of nitrogens with two attached hydrogens (primary N) is 1. The van der Waals surface area contributed by atoms with Crippen LogP contribution in [0.2, 0.25) is 0 Å². The molecule has 0 saturated carbocycles. The number of carbonyl (C=O) groups excluding carboxylic acids is 4. The lowest BCUT2D eigenvalue weighted by Crippen LogP contribution is -2.52. The Kier molecular flexibility index (Phi) is 7.63. The van der Waals surface area contributed by atoms with Crippen molar-refractivity contribution in [2.75, 3.05) is 51.3 Å². The van der Waals surface area contributed by atoms with E-state index in [0.29, 0.717) is 38.3 Å². The van der Waals surface area contributed by atoms with Gasteiger partial charge in [-0.15, -0.1) is 11.3 Å². The van der Waals surface area contributed by atoms with E-state index >= 15 is 0 Å². The number of hydrogen-bond donors (Lipinski definition) is 2. The molecule has 0 spiro atoms. The van der Waals surface area contributed by atoms with Gasteiger partial charge in [-0.1, -0.05) is 0 Å². The third kappa shape index (κ3) is 5.41. The summed E-state index contributed by atoms with van der Waals surface area (Å²) < 4.78 is 10.5. The highest BCUT2D eigenvalue weighted by Crippen LogP contribution is 2.33. The monoisotopic (exact) mass is 452 g/mol. The maximum absolute atomic E-state index is 12.6. The number of anilines is 1. The molecule has 0 unspecified atom stereocenters. The molecule has 0 aliphatic carbocycles. The number of thiophene rings is 1. The zero-order valence-electron chi connectivity index (χ0n) is 17.8. The smallest absolute Gasteiger partial charge is 0.341 e. The Balaban J connectivity index is 1.58. The highest BCUT2D eigenvalue weighted by atomic mass is 32.1. The van der Waals surface area contributed by atoms with Crippen LogP contribution in [0.1, 0.15) is 45.4 Å². The maximum Gasteiger partial charge on any atom is 0.341 e. The minimum absolute atomic E-state index is 0.0220. The largest absolute Gasteiger partial charge is 0.462 e. The molecular formula is C20H28N4O6S. The average molecular weight is 453 g/mol. The number of primary amides is 1. The highest BCUT2D eigenvalue weighted by Gasteiger charge is 2.31. The molecule has 1 aromatic heterocycles. The molecule has 2 saturated heterocycles. The lowest BCUT2D eigenvalue weighted by molar-refractivity contribution is -0.142. The fourth-order valence-electron chi connectivity index (χ4n) is 3.76. The molecule has 3 amide bonds. The van der Waals surface area contributed by atoms with Crippen LogP contribution < -0.4 is 11.1 Å². The van der Waals surface area contributed by atoms with Gasteiger partial charge in [0.1, 0.15) is 11.1 Å². The fraction of sp³-hybridized carbons (Fsp3) is 0.600. The SMILES string of the molecule is CCOC(=O)c1c(NC(=O)CN2CCN(C(=O)[C@@H]3CCCO3)CC2)sc(C(N)=O)c1C. The topological polar surface area (TPSA) is 131 Å². The summed E-state index contributed by atoms with van der Waals surface area (Å²) in [6.07, 6.45) is 1.33. The van der Waals surface area contributed by atoms with Crippen molar-refractivity contribution in [1.29, 1.82) is 0 Å². The van der Waals surface area contributed by atoms with Gasteiger partial charge in [0.2, 0.25) is 5.91 Å². The minimum Gasteiger partial charge on any atom is -0.462 e. The summed E-state index contributed by atoms with van der Waals surface area (Å²) in [5.41, 5.74) is 5.94. The van der Waals surface area contributed by atoms with Crippen molar-refractivity contribution >= 4 is 40.0 Å². The van der Waals surface area contributed by atoms with E-state index in [1.807, 2.05) is 4.90 Å². The molecule has 1 atom stereocenters. The first-order valence-electron chi connectivity index (χ1n) is 10.3. The van der Waals surface area contributed by atoms with Gasteiger partial charge in [0.15, 0.2) is 0 Å². The Hall–Kier alpha value is -2.50. The quantitative estimate of drug-likeness (QED) is 0.579. The number of rotatable bonds is 7. The van der Waals surface area contributed by atoms with E-state index in [1.165, 1.54) is 0 Å². The predicted molar refractivity (Wildman–Crippen MR) is 114 cm³/mol. The molecule has 3 heterocycles. The lowest BCUT2D eigenvalue weighted by atomic mass is 10.1. The Morgan fingerprint density at radius 3 is 2.52 bits per heavy atom. The van der Waals surface area contributed by atoms with Gasteiger partial charge in [-0.05, 0) is 32.3 Å². The second-order valence-corrected chi connectivity index (χ2v) is 8.52. The van der Waals surface area contributed by atoms with Crippen molar-refractivity contribution in [1.82, 2.24) is 9.80 Å². The van der Waals surface area contributed by atoms with Gasteiger partial charge >= 0.3 is 5.97 Å². The number of hydrogen-bond acceptors (Lipinski definition) is 8. The molecule has 1 aromatic rings. The van der Waals surface area contributed by atoms with Crippen LogP contribution in [0.5, 0.6) is 0 Å². The summed E-state index contributed by atoms with van der Waals surface area (Å²) in [6, 6.07) is 0. The third-order valence-electron chi connectivity index (χ3n) is 5.36. The van der Waals surface area contributed by atoms with Crippen LogP contribution in [0.15, 0.2) is 0 Å². The number of piperazine rings is 1. The number of ether oxygens (including phenoxy) is 2. The molecule has 0 radical (unpaired) electrons. The van der Waals surface area contributed by atoms with Crippen LogP contribution in [-0.4, -0.2) is 85.5 Å². The van der Waals surface area contributed by atoms with Gasteiger partial charge in [0, 0.05) is 32.8 Å². The minimum atomic E-state index is -0.666. The van der Waals surface area contributed by atoms with E-state index < -0.39 is 11.9 Å². The van der Waals surface area contributed by atoms with E-state index in [0.717, 1.165) is 24.2 Å². The Morgan fingerprint density at radius 2 is 1.94 bits per heavy atom. The average Bonchev–Trinajstić information content (AvgIpc) is 3.36. The number of amides is 3. The third-order valence-corrected chi connectivity index (χ3v) is 6.58. The van der Waals surface area contributed by atoms with Gasteiger partial charge in [0.25, 0.3) is 11.8 Å². The summed E-state index contributed by atoms with van der Waals surface area (Å²) in [6.45, 7) is 6.37. The number of nitrogens with one attached hydrogen (secondary N) is 1. The molecule has 170 valence electrons. The molecule has 3 N–H and O–H groups in total. The van der Waals surface area contributed by atoms with Crippen LogP contribution in [0.25, 0.3) is 0 Å². The van der Waals surface area contributed by atoms with Gasteiger partial charge < -0.3 is 25.4 Å². The summed E-state index contributed by atoms with van der Waals surface area (Å²) >= 11 is 0.965. The molecule has 2 aliphatic rings. The second kappa shape index (κ2) is 10.2. The molecule has 0 bridgehead atoms. The number of esters is 1. The predicted octanol–water partition coefficient (Wildman–Crippen LogP) is 0.594. The van der Waals surface area contributed by atoms with Crippen molar-refractivity contribution in [3.63, 3.8) is 0 Å². The fourth-order valence-corrected chi connectivity index (χ4v) is 4.82. The zero-order chi connectivity index (χ0) is 22.5. The van der Waals surface area contributed by atoms with Gasteiger partial charge in [-0.2, -0.15) is 0 Å². The van der Waals surface area contributed by atoms with Crippen LogP contribution in [-0.2, 0) is 19.1 Å². The van der Waals surface area contributed by atoms with Crippen molar-refractivity contribution in [3.8, 4) is 0 Å². The van der Waals surface area contributed by atoms with E-state index in [-0.39, 0.29) is 46.5 Å². The molecule has 11 heteroatoms. The van der Waals surface area contributed by atoms with Crippen LogP contribution in [0.3, 0.4) is 0 Å². The molecule has 3 rings (SSSR count). The van der Waals surface area contributed by atoms with Crippen molar-refractivity contribution < 1.29 is 28.7 Å². The summed E-state index contributed by atoms with van der Waals surface area (Å²) in [5, 5.41) is 2.97.